The predicted octanol–water partition coefficient (Wildman–Crippen LogP) is 9.75. The molecule has 0 bridgehead atoms. The molecule has 37 heavy (non-hydrogen) atoms. The van der Waals surface area contributed by atoms with Crippen molar-refractivity contribution >= 4 is 39.1 Å². The zero-order valence-corrected chi connectivity index (χ0v) is 21.1. The standard InChI is InChI=1S/C35H30N2/c1-36-29-18-22-31(23-19-29)37(30-20-16-27(17-21-30)26-10-4-2-5-11-26)35-25-24-32(28-12-6-3-7-13-28)33-14-8-9-15-34(33)35/h2-4,6-10,12-25,36H,5,11H2,1H3. The molecule has 0 atom stereocenters. The molecular formula is C35H30N2. The lowest BCUT2D eigenvalue weighted by atomic mass is 9.95. The van der Waals surface area contributed by atoms with Crippen LogP contribution in [0.1, 0.15) is 18.4 Å². The van der Waals surface area contributed by atoms with E-state index in [2.05, 4.69) is 144 Å². The van der Waals surface area contributed by atoms with E-state index in [0.717, 1.165) is 29.9 Å². The van der Waals surface area contributed by atoms with E-state index >= 15 is 0 Å². The average molecular weight is 479 g/mol. The minimum Gasteiger partial charge on any atom is -0.388 e. The molecule has 0 fully saturated rings. The average Bonchev–Trinajstić information content (AvgIpc) is 2.99. The molecule has 2 nitrogen and oxygen atoms in total. The van der Waals surface area contributed by atoms with Crippen LogP contribution < -0.4 is 10.2 Å². The van der Waals surface area contributed by atoms with E-state index in [0.29, 0.717) is 0 Å². The molecule has 5 aromatic rings. The zero-order valence-electron chi connectivity index (χ0n) is 21.1. The SMILES string of the molecule is CNc1ccc(N(c2ccc(C3=CC=CCC3)cc2)c2ccc(-c3ccccc3)c3ccccc23)cc1. The smallest absolute Gasteiger partial charge is 0.0540 e. The Morgan fingerprint density at radius 1 is 0.622 bits per heavy atom. The highest BCUT2D eigenvalue weighted by molar-refractivity contribution is 6.06. The molecule has 0 saturated heterocycles. The van der Waals surface area contributed by atoms with Crippen molar-refractivity contribution in [3.8, 4) is 11.1 Å². The third kappa shape index (κ3) is 4.54. The van der Waals surface area contributed by atoms with Gasteiger partial charge in [0, 0.05) is 29.5 Å². The van der Waals surface area contributed by atoms with Gasteiger partial charge in [-0.1, -0.05) is 91.0 Å². The zero-order chi connectivity index (χ0) is 25.0. The molecule has 0 saturated carbocycles. The van der Waals surface area contributed by atoms with E-state index in [1.807, 2.05) is 7.05 Å². The second-order valence-corrected chi connectivity index (χ2v) is 9.38. The van der Waals surface area contributed by atoms with Crippen molar-refractivity contribution < 1.29 is 0 Å². The van der Waals surface area contributed by atoms with Crippen LogP contribution in [0, 0.1) is 0 Å². The molecule has 0 spiro atoms. The Bertz CT molecular complexity index is 1580. The normalized spacial score (nSPS) is 12.8. The fraction of sp³-hybridized carbons (Fsp3) is 0.0857. The van der Waals surface area contributed by atoms with E-state index in [1.165, 1.54) is 38.7 Å². The summed E-state index contributed by atoms with van der Waals surface area (Å²) in [6.45, 7) is 0. The van der Waals surface area contributed by atoms with Gasteiger partial charge in [-0.3, -0.25) is 0 Å². The van der Waals surface area contributed by atoms with Crippen molar-refractivity contribution in [1.29, 1.82) is 0 Å². The number of allylic oxidation sites excluding steroid dienone is 4. The van der Waals surface area contributed by atoms with Crippen LogP contribution in [0.25, 0.3) is 27.5 Å². The summed E-state index contributed by atoms with van der Waals surface area (Å²) in [7, 11) is 1.95. The first-order valence-corrected chi connectivity index (χ1v) is 12.9. The van der Waals surface area contributed by atoms with E-state index in [1.54, 1.807) is 0 Å². The minimum atomic E-state index is 1.09. The van der Waals surface area contributed by atoms with Gasteiger partial charge in [-0.15, -0.1) is 0 Å². The number of hydrogen-bond acceptors (Lipinski definition) is 2. The maximum Gasteiger partial charge on any atom is 0.0540 e. The first kappa shape index (κ1) is 22.9. The van der Waals surface area contributed by atoms with Crippen LogP contribution in [0.3, 0.4) is 0 Å². The van der Waals surface area contributed by atoms with Gasteiger partial charge in [0.05, 0.1) is 5.69 Å². The van der Waals surface area contributed by atoms with Crippen molar-refractivity contribution in [2.45, 2.75) is 12.8 Å². The lowest BCUT2D eigenvalue weighted by Crippen LogP contribution is -2.11. The van der Waals surface area contributed by atoms with Crippen molar-refractivity contribution in [3.05, 3.63) is 139 Å². The second-order valence-electron chi connectivity index (χ2n) is 9.38. The minimum absolute atomic E-state index is 1.09. The van der Waals surface area contributed by atoms with Crippen LogP contribution in [0.4, 0.5) is 22.7 Å². The van der Waals surface area contributed by atoms with E-state index in [-0.39, 0.29) is 0 Å². The van der Waals surface area contributed by atoms with Crippen LogP contribution in [-0.2, 0) is 0 Å². The molecule has 0 aromatic heterocycles. The predicted molar refractivity (Wildman–Crippen MR) is 160 cm³/mol. The molecule has 0 amide bonds. The van der Waals surface area contributed by atoms with Gasteiger partial charge in [-0.2, -0.15) is 0 Å². The highest BCUT2D eigenvalue weighted by Gasteiger charge is 2.17. The van der Waals surface area contributed by atoms with Gasteiger partial charge in [-0.05, 0) is 83.0 Å². The van der Waals surface area contributed by atoms with Crippen LogP contribution in [0.2, 0.25) is 0 Å². The molecular weight excluding hydrogens is 448 g/mol. The number of anilines is 4. The summed E-state index contributed by atoms with van der Waals surface area (Å²) in [5.41, 5.74) is 9.71. The number of rotatable bonds is 6. The number of hydrogen-bond donors (Lipinski definition) is 1. The van der Waals surface area contributed by atoms with Crippen LogP contribution >= 0.6 is 0 Å². The Morgan fingerprint density at radius 3 is 1.97 bits per heavy atom. The molecule has 180 valence electrons. The van der Waals surface area contributed by atoms with Crippen LogP contribution in [-0.4, -0.2) is 7.05 Å². The molecule has 0 heterocycles. The van der Waals surface area contributed by atoms with Crippen molar-refractivity contribution in [1.82, 2.24) is 0 Å². The van der Waals surface area contributed by atoms with Gasteiger partial charge >= 0.3 is 0 Å². The van der Waals surface area contributed by atoms with Crippen LogP contribution in [0.15, 0.2) is 133 Å². The fourth-order valence-corrected chi connectivity index (χ4v) is 5.22. The number of nitrogens with one attached hydrogen (secondary N) is 1. The summed E-state index contributed by atoms with van der Waals surface area (Å²) in [6.07, 6.45) is 8.85. The Kier molecular flexibility index (Phi) is 6.31. The molecule has 1 N–H and O–H groups in total. The monoisotopic (exact) mass is 478 g/mol. The fourth-order valence-electron chi connectivity index (χ4n) is 5.22. The van der Waals surface area contributed by atoms with Crippen LogP contribution in [0.5, 0.6) is 0 Å². The maximum atomic E-state index is 3.24. The highest BCUT2D eigenvalue weighted by Crippen LogP contribution is 2.42. The van der Waals surface area contributed by atoms with E-state index in [9.17, 15) is 0 Å². The van der Waals surface area contributed by atoms with Gasteiger partial charge in [0.15, 0.2) is 0 Å². The molecule has 0 unspecified atom stereocenters. The van der Waals surface area contributed by atoms with Gasteiger partial charge in [0.25, 0.3) is 0 Å². The Labute approximate surface area is 219 Å². The summed E-state index contributed by atoms with van der Waals surface area (Å²) in [4.78, 5) is 2.37. The lowest BCUT2D eigenvalue weighted by molar-refractivity contribution is 1.05. The van der Waals surface area contributed by atoms with E-state index in [4.69, 9.17) is 0 Å². The van der Waals surface area contributed by atoms with Gasteiger partial charge in [-0.25, -0.2) is 0 Å². The van der Waals surface area contributed by atoms with Crippen molar-refractivity contribution in [3.63, 3.8) is 0 Å². The summed E-state index contributed by atoms with van der Waals surface area (Å²) < 4.78 is 0. The van der Waals surface area contributed by atoms with Gasteiger partial charge in [0.2, 0.25) is 0 Å². The summed E-state index contributed by atoms with van der Waals surface area (Å²) >= 11 is 0. The highest BCUT2D eigenvalue weighted by atomic mass is 15.1. The number of benzene rings is 5. The molecule has 6 rings (SSSR count). The van der Waals surface area contributed by atoms with Gasteiger partial charge in [0.1, 0.15) is 0 Å². The number of nitrogens with zero attached hydrogens (tertiary/aromatic N) is 1. The Hall–Kier alpha value is -4.56. The molecule has 0 radical (unpaired) electrons. The van der Waals surface area contributed by atoms with Gasteiger partial charge < -0.3 is 10.2 Å². The maximum absolute atomic E-state index is 3.24. The Morgan fingerprint density at radius 2 is 1.30 bits per heavy atom. The first-order chi connectivity index (χ1) is 18.3. The van der Waals surface area contributed by atoms with E-state index < -0.39 is 0 Å². The quantitative estimate of drug-likeness (QED) is 0.261. The molecule has 1 aliphatic rings. The number of fused-ring (bicyclic) bond motifs is 1. The topological polar surface area (TPSA) is 15.3 Å². The first-order valence-electron chi connectivity index (χ1n) is 12.9. The third-order valence-corrected chi connectivity index (χ3v) is 7.15. The lowest BCUT2D eigenvalue weighted by Gasteiger charge is -2.28. The summed E-state index contributed by atoms with van der Waals surface area (Å²) in [5.74, 6) is 0. The molecule has 1 aliphatic carbocycles. The largest absolute Gasteiger partial charge is 0.388 e. The van der Waals surface area contributed by atoms with Crippen molar-refractivity contribution in [2.75, 3.05) is 17.3 Å². The summed E-state index contributed by atoms with van der Waals surface area (Å²) in [5, 5.41) is 5.72. The molecule has 2 heteroatoms. The summed E-state index contributed by atoms with van der Waals surface area (Å²) in [6, 6.07) is 41.6. The third-order valence-electron chi connectivity index (χ3n) is 7.15. The second kappa shape index (κ2) is 10.2. The molecule has 5 aromatic carbocycles. The Balaban J connectivity index is 1.51. The molecule has 0 aliphatic heterocycles. The van der Waals surface area contributed by atoms with Crippen molar-refractivity contribution in [2.24, 2.45) is 0 Å².